The van der Waals surface area contributed by atoms with Crippen molar-refractivity contribution in [3.05, 3.63) is 48.2 Å². The largest absolute Gasteiger partial charge is 0.489 e. The van der Waals surface area contributed by atoms with E-state index in [0.717, 1.165) is 0 Å². The maximum absolute atomic E-state index is 13.4. The molecule has 2 aliphatic heterocycles. The van der Waals surface area contributed by atoms with E-state index < -0.39 is 5.66 Å². The summed E-state index contributed by atoms with van der Waals surface area (Å²) in [6.07, 6.45) is 8.74. The second-order valence-corrected chi connectivity index (χ2v) is 9.88. The van der Waals surface area contributed by atoms with Crippen LogP contribution in [-0.4, -0.2) is 46.4 Å². The Balaban J connectivity index is 1.25. The highest BCUT2D eigenvalue weighted by Crippen LogP contribution is 2.44. The van der Waals surface area contributed by atoms with Crippen LogP contribution >= 0.6 is 0 Å². The van der Waals surface area contributed by atoms with E-state index in [0.29, 0.717) is 48.2 Å². The molecule has 1 unspecified atom stereocenters. The van der Waals surface area contributed by atoms with Crippen molar-refractivity contribution in [2.24, 2.45) is 5.92 Å². The molecule has 0 spiro atoms. The number of rotatable bonds is 7. The van der Waals surface area contributed by atoms with Gasteiger partial charge in [-0.05, 0) is 56.4 Å². The van der Waals surface area contributed by atoms with Gasteiger partial charge in [0.2, 0.25) is 11.8 Å². The van der Waals surface area contributed by atoms with Gasteiger partial charge >= 0.3 is 0 Å². The summed E-state index contributed by atoms with van der Waals surface area (Å²) < 4.78 is 6.03. The minimum Gasteiger partial charge on any atom is -0.489 e. The van der Waals surface area contributed by atoms with Crippen molar-refractivity contribution in [3.63, 3.8) is 0 Å². The minimum absolute atomic E-state index is 0.00450. The lowest BCUT2D eigenvalue weighted by atomic mass is 9.90. The van der Waals surface area contributed by atoms with Crippen LogP contribution < -0.4 is 15.0 Å². The molecule has 1 atom stereocenters. The highest BCUT2D eigenvalue weighted by Gasteiger charge is 2.52. The molecule has 1 aromatic carbocycles. The van der Waals surface area contributed by atoms with Crippen LogP contribution in [0, 0.1) is 5.92 Å². The van der Waals surface area contributed by atoms with Crippen LogP contribution in [0.3, 0.4) is 0 Å². The first-order valence-corrected chi connectivity index (χ1v) is 12.6. The van der Waals surface area contributed by atoms with E-state index in [1.807, 2.05) is 25.1 Å². The van der Waals surface area contributed by atoms with Gasteiger partial charge in [-0.2, -0.15) is 0 Å². The van der Waals surface area contributed by atoms with Crippen molar-refractivity contribution in [1.82, 2.24) is 9.88 Å². The van der Waals surface area contributed by atoms with E-state index >= 15 is 0 Å². The number of anilines is 2. The normalized spacial score (nSPS) is 22.1. The minimum atomic E-state index is -0.776. The second-order valence-electron chi connectivity index (χ2n) is 9.88. The van der Waals surface area contributed by atoms with Gasteiger partial charge in [-0.1, -0.05) is 31.4 Å². The molecular formula is C27H32N4O4. The molecule has 0 bridgehead atoms. The predicted octanol–water partition coefficient (Wildman–Crippen LogP) is 4.37. The van der Waals surface area contributed by atoms with Crippen LogP contribution in [0.1, 0.15) is 68.6 Å². The zero-order valence-electron chi connectivity index (χ0n) is 20.2. The molecule has 2 aromatic rings. The average Bonchev–Trinajstić information content (AvgIpc) is 3.19. The molecule has 3 amide bonds. The van der Waals surface area contributed by atoms with Crippen molar-refractivity contribution in [3.8, 4) is 5.75 Å². The van der Waals surface area contributed by atoms with Gasteiger partial charge in [0.05, 0.1) is 17.9 Å². The summed E-state index contributed by atoms with van der Waals surface area (Å²) in [4.78, 5) is 46.7. The van der Waals surface area contributed by atoms with Gasteiger partial charge in [0.1, 0.15) is 5.66 Å². The first-order valence-electron chi connectivity index (χ1n) is 12.6. The van der Waals surface area contributed by atoms with Crippen molar-refractivity contribution < 1.29 is 19.1 Å². The fourth-order valence-electron chi connectivity index (χ4n) is 5.61. The summed E-state index contributed by atoms with van der Waals surface area (Å²) in [7, 11) is 0. The second kappa shape index (κ2) is 9.68. The van der Waals surface area contributed by atoms with E-state index in [-0.39, 0.29) is 30.7 Å². The zero-order chi connectivity index (χ0) is 24.4. The van der Waals surface area contributed by atoms with E-state index in [1.165, 1.54) is 32.1 Å². The highest BCUT2D eigenvalue weighted by atomic mass is 16.5. The maximum Gasteiger partial charge on any atom is 0.257 e. The number of para-hydroxylation sites is 1. The average molecular weight is 477 g/mol. The van der Waals surface area contributed by atoms with Gasteiger partial charge < -0.3 is 15.0 Å². The summed E-state index contributed by atoms with van der Waals surface area (Å²) in [5.41, 5.74) is 0.363. The lowest BCUT2D eigenvalue weighted by Gasteiger charge is -2.48. The van der Waals surface area contributed by atoms with Gasteiger partial charge in [0.15, 0.2) is 11.6 Å². The molecule has 35 heavy (non-hydrogen) atoms. The Bertz CT molecular complexity index is 1130. The van der Waals surface area contributed by atoms with Crippen molar-refractivity contribution in [1.29, 1.82) is 0 Å². The van der Waals surface area contributed by atoms with Crippen molar-refractivity contribution >= 4 is 29.2 Å². The van der Waals surface area contributed by atoms with E-state index in [9.17, 15) is 14.4 Å². The van der Waals surface area contributed by atoms with Gasteiger partial charge in [0, 0.05) is 25.6 Å². The Hall–Kier alpha value is -3.42. The monoisotopic (exact) mass is 476 g/mol. The standard InChI is InChI=1S/C27H32N4O4/c1-27-15-13-24(33)31(27)21-11-6-5-10-20(21)26(34)30(27)17-14-23(32)29-25-22(12-7-16-28-25)35-18-19-8-3-2-4-9-19/h5-7,10-12,16,19H,2-4,8-9,13-15,17-18H2,1H3,(H,28,29,32). The predicted molar refractivity (Wildman–Crippen MR) is 132 cm³/mol. The molecule has 3 heterocycles. The molecule has 1 N–H and O–H groups in total. The number of hydrogen-bond donors (Lipinski definition) is 1. The number of pyridine rings is 1. The highest BCUT2D eigenvalue weighted by molar-refractivity contribution is 6.10. The molecule has 8 heteroatoms. The molecular weight excluding hydrogens is 444 g/mol. The smallest absolute Gasteiger partial charge is 0.257 e. The third kappa shape index (κ3) is 4.49. The molecule has 3 aliphatic rings. The summed E-state index contributed by atoms with van der Waals surface area (Å²) in [5, 5.41) is 2.86. The molecule has 1 aromatic heterocycles. The van der Waals surface area contributed by atoms with Gasteiger partial charge in [-0.3, -0.25) is 19.3 Å². The number of fused-ring (bicyclic) bond motifs is 3. The lowest BCUT2D eigenvalue weighted by molar-refractivity contribution is -0.117. The van der Waals surface area contributed by atoms with Gasteiger partial charge in [-0.25, -0.2) is 4.98 Å². The van der Waals surface area contributed by atoms with Crippen LogP contribution in [0.5, 0.6) is 5.75 Å². The molecule has 1 saturated heterocycles. The first-order chi connectivity index (χ1) is 17.0. The topological polar surface area (TPSA) is 91.8 Å². The Morgan fingerprint density at radius 3 is 2.77 bits per heavy atom. The van der Waals surface area contributed by atoms with E-state index in [1.54, 1.807) is 34.2 Å². The maximum atomic E-state index is 13.4. The first kappa shape index (κ1) is 23.3. The fourth-order valence-corrected chi connectivity index (χ4v) is 5.61. The number of carbonyl (C=O) groups excluding carboxylic acids is 3. The van der Waals surface area contributed by atoms with Gasteiger partial charge in [0.25, 0.3) is 5.91 Å². The quantitative estimate of drug-likeness (QED) is 0.641. The third-order valence-corrected chi connectivity index (χ3v) is 7.54. The molecule has 184 valence electrons. The number of nitrogens with one attached hydrogen (secondary N) is 1. The van der Waals surface area contributed by atoms with E-state index in [2.05, 4.69) is 10.3 Å². The molecule has 8 nitrogen and oxygen atoms in total. The van der Waals surface area contributed by atoms with E-state index in [4.69, 9.17) is 4.74 Å². The SMILES string of the molecule is CC12CCC(=O)N1c1ccccc1C(=O)N2CCC(=O)Nc1ncccc1OCC1CCCCC1. The van der Waals surface area contributed by atoms with Crippen LogP contribution in [0.15, 0.2) is 42.6 Å². The van der Waals surface area contributed by atoms with Crippen LogP contribution in [0.25, 0.3) is 0 Å². The number of benzene rings is 1. The molecule has 5 rings (SSSR count). The number of nitrogens with zero attached hydrogens (tertiary/aromatic N) is 3. The number of amides is 3. The number of carbonyl (C=O) groups is 3. The molecule has 1 saturated carbocycles. The third-order valence-electron chi connectivity index (χ3n) is 7.54. The Morgan fingerprint density at radius 1 is 1.14 bits per heavy atom. The van der Waals surface area contributed by atoms with Crippen LogP contribution in [-0.2, 0) is 9.59 Å². The summed E-state index contributed by atoms with van der Waals surface area (Å²) in [6.45, 7) is 2.72. The molecule has 0 radical (unpaired) electrons. The van der Waals surface area contributed by atoms with Gasteiger partial charge in [-0.15, -0.1) is 0 Å². The van der Waals surface area contributed by atoms with Crippen LogP contribution in [0.4, 0.5) is 11.5 Å². The number of ether oxygens (including phenoxy) is 1. The Labute approximate surface area is 205 Å². The summed E-state index contributed by atoms with van der Waals surface area (Å²) >= 11 is 0. The van der Waals surface area contributed by atoms with Crippen LogP contribution in [0.2, 0.25) is 0 Å². The summed E-state index contributed by atoms with van der Waals surface area (Å²) in [6, 6.07) is 10.8. The van der Waals surface area contributed by atoms with Crippen molar-refractivity contribution in [2.75, 3.05) is 23.4 Å². The Kier molecular flexibility index (Phi) is 6.45. The summed E-state index contributed by atoms with van der Waals surface area (Å²) in [5.74, 6) is 1.09. The molecule has 2 fully saturated rings. The Morgan fingerprint density at radius 2 is 1.94 bits per heavy atom. The lowest BCUT2D eigenvalue weighted by Crippen LogP contribution is -2.62. The number of hydrogen-bond acceptors (Lipinski definition) is 5. The number of aromatic nitrogens is 1. The molecule has 1 aliphatic carbocycles. The zero-order valence-corrected chi connectivity index (χ0v) is 20.2. The van der Waals surface area contributed by atoms with Crippen molar-refractivity contribution in [2.45, 2.75) is 64.0 Å². The fraction of sp³-hybridized carbons (Fsp3) is 0.481.